The number of hydrogen-bond donors (Lipinski definition) is 0. The Kier molecular flexibility index (Phi) is 10.5. The van der Waals surface area contributed by atoms with E-state index in [2.05, 4.69) is 295 Å². The van der Waals surface area contributed by atoms with E-state index >= 15 is 0 Å². The first-order valence-electron chi connectivity index (χ1n) is 26.4. The number of anilines is 6. The Bertz CT molecular complexity index is 4660. The van der Waals surface area contributed by atoms with Gasteiger partial charge in [-0.3, -0.25) is 0 Å². The van der Waals surface area contributed by atoms with Gasteiger partial charge in [-0.15, -0.1) is 0 Å². The lowest BCUT2D eigenvalue weighted by molar-refractivity contribution is 0.670. The highest BCUT2D eigenvalue weighted by Crippen LogP contribution is 2.46. The fraction of sp³-hybridized carbons (Fsp3) is 0. The molecule has 3 nitrogen and oxygen atoms in total. The van der Waals surface area contributed by atoms with Crippen LogP contribution in [-0.2, 0) is 0 Å². The van der Waals surface area contributed by atoms with Gasteiger partial charge in [-0.05, 0) is 149 Å². The van der Waals surface area contributed by atoms with Crippen LogP contribution in [0.1, 0.15) is 0 Å². The van der Waals surface area contributed by atoms with E-state index in [1.807, 2.05) is 6.07 Å². The molecule has 0 fully saturated rings. The number of nitrogens with zero attached hydrogens (tertiary/aromatic N) is 2. The minimum absolute atomic E-state index is 0.903. The average molecular weight is 981 g/mol. The Hall–Kier alpha value is -10.2. The summed E-state index contributed by atoms with van der Waals surface area (Å²) >= 11 is 0. The van der Waals surface area contributed by atoms with Crippen molar-refractivity contribution in [2.24, 2.45) is 0 Å². The van der Waals surface area contributed by atoms with Crippen molar-refractivity contribution in [2.45, 2.75) is 0 Å². The van der Waals surface area contributed by atoms with E-state index in [0.717, 1.165) is 78.3 Å². The van der Waals surface area contributed by atoms with E-state index in [0.29, 0.717) is 0 Å². The molecule has 15 aromatic rings. The van der Waals surface area contributed by atoms with Crippen LogP contribution in [0.2, 0.25) is 0 Å². The molecular weight excluding hydrogens is 933 g/mol. The molecule has 0 aliphatic rings. The first kappa shape index (κ1) is 44.3. The largest absolute Gasteiger partial charge is 0.455 e. The summed E-state index contributed by atoms with van der Waals surface area (Å²) in [5.41, 5.74) is 15.3. The molecule has 0 amide bonds. The summed E-state index contributed by atoms with van der Waals surface area (Å²) in [6.45, 7) is 0. The average Bonchev–Trinajstić information content (AvgIpc) is 3.91. The van der Waals surface area contributed by atoms with Gasteiger partial charge in [0.1, 0.15) is 11.2 Å². The van der Waals surface area contributed by atoms with Crippen LogP contribution < -0.4 is 9.80 Å². The van der Waals surface area contributed by atoms with Gasteiger partial charge < -0.3 is 14.2 Å². The zero-order valence-electron chi connectivity index (χ0n) is 42.0. The fourth-order valence-electron chi connectivity index (χ4n) is 12.1. The number of benzene rings is 14. The second kappa shape index (κ2) is 18.3. The van der Waals surface area contributed by atoms with E-state index in [9.17, 15) is 0 Å². The van der Waals surface area contributed by atoms with E-state index in [4.69, 9.17) is 4.42 Å². The summed E-state index contributed by atoms with van der Waals surface area (Å²) in [6, 6.07) is 106. The van der Waals surface area contributed by atoms with Crippen molar-refractivity contribution in [3.63, 3.8) is 0 Å². The maximum Gasteiger partial charge on any atom is 0.143 e. The van der Waals surface area contributed by atoms with Crippen LogP contribution in [0.25, 0.3) is 109 Å². The highest BCUT2D eigenvalue weighted by Gasteiger charge is 2.21. The van der Waals surface area contributed by atoms with Crippen LogP contribution in [0.5, 0.6) is 0 Å². The molecule has 0 radical (unpaired) electrons. The predicted octanol–water partition coefficient (Wildman–Crippen LogP) is 21.3. The summed E-state index contributed by atoms with van der Waals surface area (Å²) in [4.78, 5) is 4.76. The topological polar surface area (TPSA) is 19.6 Å². The minimum Gasteiger partial charge on any atom is -0.455 e. The van der Waals surface area contributed by atoms with Crippen molar-refractivity contribution in [1.82, 2.24) is 0 Å². The number of fused-ring (bicyclic) bond motifs is 11. The van der Waals surface area contributed by atoms with Gasteiger partial charge in [-0.25, -0.2) is 0 Å². The molecule has 0 N–H and O–H groups in total. The second-order valence-corrected chi connectivity index (χ2v) is 19.9. The highest BCUT2D eigenvalue weighted by atomic mass is 16.3. The molecule has 3 heteroatoms. The summed E-state index contributed by atoms with van der Waals surface area (Å²) in [5.74, 6) is 0. The summed E-state index contributed by atoms with van der Waals surface area (Å²) in [5, 5.41) is 14.5. The third kappa shape index (κ3) is 7.43. The first-order valence-corrected chi connectivity index (χ1v) is 26.4. The molecule has 0 atom stereocenters. The molecule has 15 rings (SSSR count). The Morgan fingerprint density at radius 2 is 0.610 bits per heavy atom. The molecule has 0 saturated heterocycles. The molecule has 360 valence electrons. The van der Waals surface area contributed by atoms with Crippen molar-refractivity contribution >= 4 is 110 Å². The zero-order valence-corrected chi connectivity index (χ0v) is 42.0. The maximum atomic E-state index is 6.55. The molecule has 0 spiro atoms. The van der Waals surface area contributed by atoms with Crippen LogP contribution in [0.3, 0.4) is 0 Å². The lowest BCUT2D eigenvalue weighted by Gasteiger charge is -2.28. The molecule has 0 aliphatic heterocycles. The van der Waals surface area contributed by atoms with E-state index in [-0.39, 0.29) is 0 Å². The number of hydrogen-bond acceptors (Lipinski definition) is 3. The van der Waals surface area contributed by atoms with Crippen molar-refractivity contribution in [2.75, 3.05) is 9.80 Å². The molecule has 0 saturated carbocycles. The predicted molar refractivity (Wildman–Crippen MR) is 327 cm³/mol. The normalized spacial score (nSPS) is 11.6. The number of furan rings is 1. The Labute approximate surface area is 446 Å². The monoisotopic (exact) mass is 980 g/mol. The van der Waals surface area contributed by atoms with Gasteiger partial charge >= 0.3 is 0 Å². The lowest BCUT2D eigenvalue weighted by Crippen LogP contribution is -2.10. The Morgan fingerprint density at radius 1 is 0.208 bits per heavy atom. The molecule has 1 heterocycles. The van der Waals surface area contributed by atoms with Gasteiger partial charge in [0, 0.05) is 50.2 Å². The van der Waals surface area contributed by atoms with E-state index in [1.165, 1.54) is 65.0 Å². The second-order valence-electron chi connectivity index (χ2n) is 19.9. The van der Waals surface area contributed by atoms with Crippen molar-refractivity contribution in [3.05, 3.63) is 291 Å². The molecule has 0 unspecified atom stereocenters. The van der Waals surface area contributed by atoms with E-state index < -0.39 is 0 Å². The SMILES string of the molecule is c1ccc(N(c2ccccc2)c2ccc(-c3ccc(N(c4ccc(-c5ccc(-c6cccc7c6oc6ccccc67)c6ccccc56)cc4)c4ccc5c6ccccc6c6ccccc6c5c4)cc3)c3ccccc23)cc1. The van der Waals surface area contributed by atoms with Crippen molar-refractivity contribution < 1.29 is 4.42 Å². The molecule has 77 heavy (non-hydrogen) atoms. The first-order chi connectivity index (χ1) is 38.2. The molecule has 1 aromatic heterocycles. The van der Waals surface area contributed by atoms with Gasteiger partial charge in [0.2, 0.25) is 0 Å². The molecule has 0 aliphatic carbocycles. The molecule has 0 bridgehead atoms. The van der Waals surface area contributed by atoms with Crippen molar-refractivity contribution in [1.29, 1.82) is 0 Å². The van der Waals surface area contributed by atoms with Gasteiger partial charge in [0.15, 0.2) is 0 Å². The molecule has 14 aromatic carbocycles. The van der Waals surface area contributed by atoms with Gasteiger partial charge in [-0.2, -0.15) is 0 Å². The maximum absolute atomic E-state index is 6.55. The van der Waals surface area contributed by atoms with Crippen LogP contribution in [0.4, 0.5) is 34.1 Å². The summed E-state index contributed by atoms with van der Waals surface area (Å²) < 4.78 is 6.55. The van der Waals surface area contributed by atoms with Gasteiger partial charge in [-0.1, -0.05) is 218 Å². The smallest absolute Gasteiger partial charge is 0.143 e. The fourth-order valence-corrected chi connectivity index (χ4v) is 12.1. The Balaban J connectivity index is 0.852. The zero-order chi connectivity index (χ0) is 50.8. The van der Waals surface area contributed by atoms with Crippen LogP contribution in [-0.4, -0.2) is 0 Å². The van der Waals surface area contributed by atoms with Crippen molar-refractivity contribution in [3.8, 4) is 33.4 Å². The van der Waals surface area contributed by atoms with E-state index in [1.54, 1.807) is 0 Å². The molecular formula is C74H48N2O. The number of rotatable bonds is 9. The third-order valence-corrected chi connectivity index (χ3v) is 15.6. The van der Waals surface area contributed by atoms with Gasteiger partial charge in [0.25, 0.3) is 0 Å². The quantitative estimate of drug-likeness (QED) is 0.134. The van der Waals surface area contributed by atoms with Crippen LogP contribution in [0.15, 0.2) is 296 Å². The lowest BCUT2D eigenvalue weighted by atomic mass is 9.91. The summed E-state index contributed by atoms with van der Waals surface area (Å²) in [7, 11) is 0. The highest BCUT2D eigenvalue weighted by molar-refractivity contribution is 6.26. The Morgan fingerprint density at radius 3 is 1.19 bits per heavy atom. The van der Waals surface area contributed by atoms with Gasteiger partial charge in [0.05, 0.1) is 5.69 Å². The number of para-hydroxylation sites is 4. The van der Waals surface area contributed by atoms with Crippen LogP contribution >= 0.6 is 0 Å². The third-order valence-electron chi connectivity index (χ3n) is 15.6. The summed E-state index contributed by atoms with van der Waals surface area (Å²) in [6.07, 6.45) is 0. The minimum atomic E-state index is 0.903. The standard InChI is InChI=1S/C74H48N2O/c1-3-18-51(19-4-1)76(52-20-5-2-6-21-52)72-47-46-57(59-23-13-14-29-67(59)72)50-36-40-54(41-37-50)75(55-42-43-66-63-27-10-9-25-61(63)62-26-11-12-28-64(62)71(66)48-55)53-38-34-49(35-39-53)56-44-45-65(60-24-8-7-22-58(56)60)69-31-17-32-70-68-30-15-16-33-73(68)77-74(69)70/h1-48H. The van der Waals surface area contributed by atoms with Crippen LogP contribution in [0, 0.1) is 0 Å².